The van der Waals surface area contributed by atoms with Gasteiger partial charge in [-0.05, 0) is 79.2 Å². The summed E-state index contributed by atoms with van der Waals surface area (Å²) in [6, 6.07) is 38.4. The first-order valence-corrected chi connectivity index (χ1v) is 17.0. The number of hydrogen-bond acceptors (Lipinski definition) is 3. The van der Waals surface area contributed by atoms with Gasteiger partial charge in [-0.15, -0.1) is 0 Å². The topological polar surface area (TPSA) is 39.9 Å². The molecule has 48 heavy (non-hydrogen) atoms. The molecule has 0 spiro atoms. The summed E-state index contributed by atoms with van der Waals surface area (Å²) in [7, 11) is 0. The molecule has 1 aliphatic heterocycles. The lowest BCUT2D eigenvalue weighted by atomic mass is 9.74. The maximum absolute atomic E-state index is 6.52. The van der Waals surface area contributed by atoms with Gasteiger partial charge in [0.25, 0.3) is 0 Å². The Morgan fingerprint density at radius 3 is 2.19 bits per heavy atom. The second-order valence-corrected chi connectivity index (χ2v) is 13.2. The predicted octanol–water partition coefficient (Wildman–Crippen LogP) is 10.8. The van der Waals surface area contributed by atoms with Gasteiger partial charge in [0.2, 0.25) is 5.95 Å². The van der Waals surface area contributed by atoms with Crippen LogP contribution in [-0.2, 0) is 4.74 Å². The number of allylic oxidation sites excluding steroid dienone is 7. The molecule has 0 fully saturated rings. The highest BCUT2D eigenvalue weighted by molar-refractivity contribution is 6.09. The van der Waals surface area contributed by atoms with Gasteiger partial charge in [-0.2, -0.15) is 0 Å². The normalized spacial score (nSPS) is 19.7. The summed E-state index contributed by atoms with van der Waals surface area (Å²) in [6.45, 7) is 0. The van der Waals surface area contributed by atoms with Crippen LogP contribution < -0.4 is 0 Å². The Balaban J connectivity index is 1.12. The Kier molecular flexibility index (Phi) is 6.23. The largest absolute Gasteiger partial charge is 0.457 e. The van der Waals surface area contributed by atoms with E-state index in [-0.39, 0.29) is 5.92 Å². The minimum atomic E-state index is 0.261. The van der Waals surface area contributed by atoms with Crippen molar-refractivity contribution in [3.05, 3.63) is 173 Å². The minimum Gasteiger partial charge on any atom is -0.457 e. The third-order valence-corrected chi connectivity index (χ3v) is 10.4. The van der Waals surface area contributed by atoms with Crippen molar-refractivity contribution in [1.82, 2.24) is 14.5 Å². The lowest BCUT2D eigenvalue weighted by Crippen LogP contribution is -2.23. The maximum atomic E-state index is 6.52. The van der Waals surface area contributed by atoms with Crippen LogP contribution in [-0.4, -0.2) is 14.5 Å². The van der Waals surface area contributed by atoms with E-state index in [2.05, 4.69) is 132 Å². The Hall–Kier alpha value is -5.74. The molecule has 2 unspecified atom stereocenters. The van der Waals surface area contributed by atoms with Gasteiger partial charge in [-0.3, -0.25) is 4.57 Å². The fourth-order valence-corrected chi connectivity index (χ4v) is 8.08. The zero-order chi connectivity index (χ0) is 31.6. The summed E-state index contributed by atoms with van der Waals surface area (Å²) < 4.78 is 8.76. The van der Waals surface area contributed by atoms with Crippen LogP contribution >= 0.6 is 0 Å². The van der Waals surface area contributed by atoms with Gasteiger partial charge in [0.1, 0.15) is 11.5 Å². The summed E-state index contributed by atoms with van der Waals surface area (Å²) in [6.07, 6.45) is 16.1. The quantitative estimate of drug-likeness (QED) is 0.197. The number of ether oxygens (including phenoxy) is 1. The maximum Gasteiger partial charge on any atom is 0.235 e. The van der Waals surface area contributed by atoms with Crippen molar-refractivity contribution >= 4 is 21.8 Å². The second-order valence-electron chi connectivity index (χ2n) is 13.2. The Morgan fingerprint density at radius 1 is 0.667 bits per heavy atom. The number of nitrogens with zero attached hydrogens (tertiary/aromatic N) is 3. The van der Waals surface area contributed by atoms with Crippen LogP contribution in [0.1, 0.15) is 37.2 Å². The Labute approximate surface area is 279 Å². The first-order chi connectivity index (χ1) is 23.8. The molecular weight excluding hydrogens is 587 g/mol. The Morgan fingerprint density at radius 2 is 1.40 bits per heavy atom. The van der Waals surface area contributed by atoms with Crippen molar-refractivity contribution in [2.45, 2.75) is 31.6 Å². The number of para-hydroxylation sites is 1. The average molecular weight is 620 g/mol. The molecule has 0 N–H and O–H groups in total. The van der Waals surface area contributed by atoms with Gasteiger partial charge in [0, 0.05) is 39.0 Å². The number of fused-ring (bicyclic) bond motifs is 5. The lowest BCUT2D eigenvalue weighted by Gasteiger charge is -2.37. The predicted molar refractivity (Wildman–Crippen MR) is 193 cm³/mol. The second kappa shape index (κ2) is 10.9. The molecule has 4 nitrogen and oxygen atoms in total. The average Bonchev–Trinajstić information content (AvgIpc) is 3.49. The SMILES string of the molecule is C1=CC2=C3C(=CCCC3C1)OC1=CCC(c3ccc4c(c3)c3ccccc3n4-c3nc(-c4ccccc4)cc(-c4ccccc4)n3)C=C12. The van der Waals surface area contributed by atoms with Crippen LogP contribution in [0.5, 0.6) is 0 Å². The van der Waals surface area contributed by atoms with E-state index in [9.17, 15) is 0 Å². The van der Waals surface area contributed by atoms with Crippen molar-refractivity contribution in [2.75, 3.05) is 0 Å². The third kappa shape index (κ3) is 4.36. The van der Waals surface area contributed by atoms with Crippen LogP contribution in [0.15, 0.2) is 168 Å². The molecule has 0 radical (unpaired) electrons. The molecule has 3 heterocycles. The molecule has 6 aromatic rings. The first-order valence-electron chi connectivity index (χ1n) is 17.0. The molecule has 230 valence electrons. The smallest absolute Gasteiger partial charge is 0.235 e. The number of benzene rings is 4. The van der Waals surface area contributed by atoms with Gasteiger partial charge < -0.3 is 4.74 Å². The Bertz CT molecular complexity index is 2370. The summed E-state index contributed by atoms with van der Waals surface area (Å²) in [5, 5.41) is 2.41. The van der Waals surface area contributed by atoms with Crippen LogP contribution in [0.4, 0.5) is 0 Å². The van der Waals surface area contributed by atoms with E-state index in [0.29, 0.717) is 11.9 Å². The lowest BCUT2D eigenvalue weighted by molar-refractivity contribution is 0.287. The number of hydrogen-bond donors (Lipinski definition) is 0. The fraction of sp³-hybridized carbons (Fsp3) is 0.136. The van der Waals surface area contributed by atoms with Crippen LogP contribution in [0, 0.1) is 5.92 Å². The molecule has 3 aliphatic carbocycles. The van der Waals surface area contributed by atoms with Crippen molar-refractivity contribution < 1.29 is 4.74 Å². The van der Waals surface area contributed by atoms with Crippen molar-refractivity contribution in [3.63, 3.8) is 0 Å². The molecule has 2 atom stereocenters. The molecule has 4 aromatic carbocycles. The standard InChI is InChI=1S/C44H33N3O/c1-3-11-28(12-4-1)37-27-38(29-13-5-2-6-14-29)46-44(45-37)47-39-19-8-7-17-33(39)35-25-31(21-23-40(35)47)32-22-24-41-36(26-32)34-18-9-15-30-16-10-20-42(48-41)43(30)34/h1-9,11-14,17-21,23-27,30,32H,10,15-16,22H2. The van der Waals surface area contributed by atoms with Crippen LogP contribution in [0.2, 0.25) is 0 Å². The van der Waals surface area contributed by atoms with Gasteiger partial charge in [0.05, 0.1) is 22.4 Å². The zero-order valence-electron chi connectivity index (χ0n) is 26.5. The molecule has 0 saturated heterocycles. The minimum absolute atomic E-state index is 0.261. The van der Waals surface area contributed by atoms with E-state index in [4.69, 9.17) is 14.7 Å². The zero-order valence-corrected chi connectivity index (χ0v) is 26.5. The molecular formula is C44H33N3O. The summed E-state index contributed by atoms with van der Waals surface area (Å²) >= 11 is 0. The highest BCUT2D eigenvalue weighted by atomic mass is 16.5. The molecule has 0 bridgehead atoms. The number of aromatic nitrogens is 3. The van der Waals surface area contributed by atoms with Gasteiger partial charge in [-0.1, -0.05) is 103 Å². The van der Waals surface area contributed by atoms with E-state index in [1.54, 1.807) is 0 Å². The fourth-order valence-electron chi connectivity index (χ4n) is 8.08. The van der Waals surface area contributed by atoms with Gasteiger partial charge in [-0.25, -0.2) is 9.97 Å². The van der Waals surface area contributed by atoms with Crippen molar-refractivity contribution in [2.24, 2.45) is 5.92 Å². The van der Waals surface area contributed by atoms with Crippen molar-refractivity contribution in [1.29, 1.82) is 0 Å². The van der Waals surface area contributed by atoms with Crippen LogP contribution in [0.25, 0.3) is 50.3 Å². The van der Waals surface area contributed by atoms with Crippen LogP contribution in [0.3, 0.4) is 0 Å². The molecule has 2 aromatic heterocycles. The third-order valence-electron chi connectivity index (χ3n) is 10.4. The van der Waals surface area contributed by atoms with E-state index >= 15 is 0 Å². The highest BCUT2D eigenvalue weighted by Crippen LogP contribution is 2.49. The molecule has 0 saturated carbocycles. The molecule has 4 heteroatoms. The summed E-state index contributed by atoms with van der Waals surface area (Å²) in [5.74, 6) is 3.61. The molecule has 4 aliphatic rings. The molecule has 0 amide bonds. The first kappa shape index (κ1) is 27.4. The highest BCUT2D eigenvalue weighted by Gasteiger charge is 2.35. The van der Waals surface area contributed by atoms with E-state index in [1.165, 1.54) is 39.5 Å². The summed E-state index contributed by atoms with van der Waals surface area (Å²) in [4.78, 5) is 10.4. The van der Waals surface area contributed by atoms with E-state index < -0.39 is 0 Å². The van der Waals surface area contributed by atoms with E-state index in [0.717, 1.165) is 64.3 Å². The monoisotopic (exact) mass is 619 g/mol. The number of rotatable bonds is 4. The molecule has 10 rings (SSSR count). The van der Waals surface area contributed by atoms with E-state index in [1.807, 2.05) is 12.1 Å². The van der Waals surface area contributed by atoms with Gasteiger partial charge in [0.15, 0.2) is 0 Å². The van der Waals surface area contributed by atoms with Crippen molar-refractivity contribution in [3.8, 4) is 28.5 Å². The van der Waals surface area contributed by atoms with Gasteiger partial charge >= 0.3 is 0 Å². The summed E-state index contributed by atoms with van der Waals surface area (Å²) in [5.41, 5.74) is 11.5.